The first-order valence-electron chi connectivity index (χ1n) is 25.4. The lowest BCUT2D eigenvalue weighted by Crippen LogP contribution is -2.71. The summed E-state index contributed by atoms with van der Waals surface area (Å²) in [5.41, 5.74) is 0. The first-order chi connectivity index (χ1) is 37.3. The highest BCUT2D eigenvalue weighted by molar-refractivity contribution is 5.73. The normalized spacial score (nSPS) is 52.9. The molecule has 0 aromatic heterocycles. The van der Waals surface area contributed by atoms with Crippen LogP contribution < -0.4 is 5.32 Å². The quantitative estimate of drug-likeness (QED) is 0.0606. The minimum Gasteiger partial charge on any atom is -0.394 e. The Bertz CT molecular complexity index is 1900. The summed E-state index contributed by atoms with van der Waals surface area (Å²) >= 11 is 0. The molecule has 0 unspecified atom stereocenters. The van der Waals surface area contributed by atoms with Crippen LogP contribution in [0.3, 0.4) is 0 Å². The molecule has 7 heterocycles. The Kier molecular flexibility index (Phi) is 22.5. The number of ether oxygens (including phenoxy) is 13. The number of amides is 1. The van der Waals surface area contributed by atoms with Gasteiger partial charge in [-0.15, -0.1) is 0 Å². The van der Waals surface area contributed by atoms with Gasteiger partial charge in [0.1, 0.15) is 159 Å². The Labute approximate surface area is 447 Å². The third-order valence-electron chi connectivity index (χ3n) is 14.9. The molecule has 7 aliphatic heterocycles. The number of carbonyl (C=O) groups is 1. The zero-order valence-corrected chi connectivity index (χ0v) is 42.4. The van der Waals surface area contributed by atoms with Crippen LogP contribution in [0.2, 0.25) is 0 Å². The summed E-state index contributed by atoms with van der Waals surface area (Å²) in [7, 11) is 0. The molecule has 0 aliphatic carbocycles. The summed E-state index contributed by atoms with van der Waals surface area (Å²) in [6.07, 6.45) is -68.2. The number of aliphatic hydroxyl groups excluding tert-OH is 20. The molecule has 7 aliphatic rings. The van der Waals surface area contributed by atoms with E-state index < -0.39 is 254 Å². The summed E-state index contributed by atoms with van der Waals surface area (Å²) in [4.78, 5) is 12.4. The number of aliphatic hydroxyl groups is 20. The van der Waals surface area contributed by atoms with E-state index >= 15 is 0 Å². The van der Waals surface area contributed by atoms with E-state index in [1.807, 2.05) is 0 Å². The molecule has 35 atom stereocenters. The zero-order valence-electron chi connectivity index (χ0n) is 42.4. The highest BCUT2D eigenvalue weighted by Crippen LogP contribution is 2.40. The lowest BCUT2D eigenvalue weighted by atomic mass is 9.94. The smallest absolute Gasteiger partial charge is 0.217 e. The average molecular weight is 1160 g/mol. The second-order valence-electron chi connectivity index (χ2n) is 20.3. The molecule has 460 valence electrons. The predicted molar refractivity (Wildman–Crippen MR) is 241 cm³/mol. The van der Waals surface area contributed by atoms with Crippen molar-refractivity contribution in [2.45, 2.75) is 236 Å². The van der Waals surface area contributed by atoms with Gasteiger partial charge in [-0.3, -0.25) is 4.79 Å². The van der Waals surface area contributed by atoms with Crippen LogP contribution in [-0.4, -0.2) is 356 Å². The van der Waals surface area contributed by atoms with Gasteiger partial charge in [0.15, 0.2) is 44.0 Å². The van der Waals surface area contributed by atoms with Crippen LogP contribution in [-0.2, 0) is 66.4 Å². The number of nitrogens with one attached hydrogen (secondary N) is 1. The second kappa shape index (κ2) is 27.5. The third kappa shape index (κ3) is 13.5. The maximum Gasteiger partial charge on any atom is 0.217 e. The van der Waals surface area contributed by atoms with Crippen molar-refractivity contribution >= 4 is 5.91 Å². The lowest BCUT2D eigenvalue weighted by molar-refractivity contribution is -0.422. The topological polar surface area (TPSA) is 554 Å². The van der Waals surface area contributed by atoms with E-state index in [1.54, 1.807) is 0 Å². The van der Waals surface area contributed by atoms with Gasteiger partial charge in [0.05, 0.1) is 45.2 Å². The minimum atomic E-state index is -2.34. The highest BCUT2D eigenvalue weighted by atomic mass is 16.8. The Morgan fingerprint density at radius 2 is 0.620 bits per heavy atom. The second-order valence-corrected chi connectivity index (χ2v) is 20.3. The summed E-state index contributed by atoms with van der Waals surface area (Å²) in [6, 6.07) is -1.71. The highest BCUT2D eigenvalue weighted by Gasteiger charge is 2.60. The molecule has 7 saturated heterocycles. The molecule has 79 heavy (non-hydrogen) atoms. The number of carbonyl (C=O) groups excluding carboxylic acids is 1. The van der Waals surface area contributed by atoms with Gasteiger partial charge >= 0.3 is 0 Å². The van der Waals surface area contributed by atoms with Crippen LogP contribution in [0.1, 0.15) is 20.8 Å². The van der Waals surface area contributed by atoms with Crippen molar-refractivity contribution in [3.05, 3.63) is 0 Å². The molecule has 0 radical (unpaired) electrons. The summed E-state index contributed by atoms with van der Waals surface area (Å²) in [5, 5.41) is 220. The molecule has 0 aromatic rings. The van der Waals surface area contributed by atoms with E-state index in [0.29, 0.717) is 0 Å². The average Bonchev–Trinajstić information content (AvgIpc) is 3.46. The largest absolute Gasteiger partial charge is 0.394 e. The van der Waals surface area contributed by atoms with Crippen molar-refractivity contribution in [1.82, 2.24) is 5.32 Å². The van der Waals surface area contributed by atoms with Gasteiger partial charge in [0.2, 0.25) is 5.91 Å². The maximum absolute atomic E-state index is 12.4. The van der Waals surface area contributed by atoms with Crippen molar-refractivity contribution in [3.63, 3.8) is 0 Å². The van der Waals surface area contributed by atoms with E-state index in [2.05, 4.69) is 5.32 Å². The van der Waals surface area contributed by atoms with E-state index in [-0.39, 0.29) is 0 Å². The van der Waals surface area contributed by atoms with Crippen molar-refractivity contribution in [2.75, 3.05) is 33.0 Å². The summed E-state index contributed by atoms with van der Waals surface area (Å²) in [5.74, 6) is -0.817. The third-order valence-corrected chi connectivity index (χ3v) is 14.9. The maximum atomic E-state index is 12.4. The number of hydrogen-bond donors (Lipinski definition) is 21. The molecule has 0 bridgehead atoms. The monoisotopic (exact) mass is 1160 g/mol. The van der Waals surface area contributed by atoms with Gasteiger partial charge in [-0.05, 0) is 13.8 Å². The fraction of sp³-hybridized carbons (Fsp3) is 0.977. The fourth-order valence-corrected chi connectivity index (χ4v) is 10.2. The standard InChI is InChI=1S/C44H75NO34/c1-9-18(52)25(59)29(63)39(67-9)78-36-34(24(58)15(7-49)72-43(36)74-32-17(45-11(3)51)38(66)69-14(6-48)22(32)56)76-44-37(79-40-30(64)26(60)19(53)10(2)68-40)33(23(57)16(8-50)73-44)75-42-35(28(62)21(55)13(5-47)71-42)77-41-31(65)27(61)20(54)12(4-46)70-41/h9-10,12-44,46-50,52-66H,4-8H2,1-3H3,(H,45,51)/t9-,10-,12+,13+,14+,15+,16+,17+,18+,19+,20-,21-,22-,23-,24-,25+,26+,27-,28-,29-,30-,31+,32+,33-,34-,35+,36+,37+,38-,39-,40-,41-,42+,43-,44-/m0/s1. The number of rotatable bonds is 18. The predicted octanol–water partition coefficient (Wildman–Crippen LogP) is -14.1. The molecule has 0 saturated carbocycles. The van der Waals surface area contributed by atoms with Gasteiger partial charge in [-0.2, -0.15) is 0 Å². The molecule has 7 fully saturated rings. The minimum absolute atomic E-state index is 0.817. The fourth-order valence-electron chi connectivity index (χ4n) is 10.2. The van der Waals surface area contributed by atoms with Crippen molar-refractivity contribution in [1.29, 1.82) is 0 Å². The zero-order chi connectivity index (χ0) is 58.2. The molecular weight excluding hydrogens is 1090 g/mol. The van der Waals surface area contributed by atoms with Crippen molar-refractivity contribution < 1.29 is 169 Å². The van der Waals surface area contributed by atoms with Crippen LogP contribution >= 0.6 is 0 Å². The van der Waals surface area contributed by atoms with Gasteiger partial charge in [0, 0.05) is 6.92 Å². The van der Waals surface area contributed by atoms with Gasteiger partial charge in [-0.1, -0.05) is 0 Å². The molecule has 7 rings (SSSR count). The van der Waals surface area contributed by atoms with Gasteiger partial charge in [-0.25, -0.2) is 0 Å². The molecule has 35 nitrogen and oxygen atoms in total. The summed E-state index contributed by atoms with van der Waals surface area (Å²) in [6.45, 7) is -1.76. The Hall–Kier alpha value is -1.85. The SMILES string of the molecule is CC(=O)N[C@@H]1[C@@H](O[C@@H]2O[C@H](CO)[C@H](O)[C@H](O[C@@H]3O[C@H](CO)[C@H](O)[C@H](O[C@H]4O[C@H](CO)[C@H](O)[C@H](O)[C@H]4O[C@@H]4O[C@H](CO)[C@H](O)[C@H](O)[C@H]4O)[C@H]3O[C@@H]3O[C@@H](C)[C@@H](O)[C@@H](O)[C@@H]3O)[C@H]2O[C@@H]2O[C@@H](C)[C@@H](O)[C@@H](O)[C@@H]2O)[C@@H](O)[C@@H](CO)O[C@@H]1O. The van der Waals surface area contributed by atoms with Gasteiger partial charge in [0.25, 0.3) is 0 Å². The summed E-state index contributed by atoms with van der Waals surface area (Å²) < 4.78 is 76.8. The molecule has 35 heteroatoms. The molecule has 21 N–H and O–H groups in total. The van der Waals surface area contributed by atoms with E-state index in [4.69, 9.17) is 61.6 Å². The molecule has 1 amide bonds. The van der Waals surface area contributed by atoms with Crippen LogP contribution in [0.4, 0.5) is 0 Å². The van der Waals surface area contributed by atoms with Gasteiger partial charge < -0.3 is 169 Å². The molecular formula is C44H75NO34. The first-order valence-corrected chi connectivity index (χ1v) is 25.4. The van der Waals surface area contributed by atoms with Crippen LogP contribution in [0, 0.1) is 0 Å². The Morgan fingerprint density at radius 3 is 1.03 bits per heavy atom. The van der Waals surface area contributed by atoms with Crippen LogP contribution in [0.25, 0.3) is 0 Å². The number of hydrogen-bond acceptors (Lipinski definition) is 34. The van der Waals surface area contributed by atoms with E-state index in [1.165, 1.54) is 13.8 Å². The Balaban J connectivity index is 1.32. The first kappa shape index (κ1) is 64.7. The molecule has 0 spiro atoms. The molecule has 0 aromatic carbocycles. The van der Waals surface area contributed by atoms with Crippen molar-refractivity contribution in [2.24, 2.45) is 0 Å². The van der Waals surface area contributed by atoms with Crippen molar-refractivity contribution in [3.8, 4) is 0 Å². The van der Waals surface area contributed by atoms with Crippen LogP contribution in [0.5, 0.6) is 0 Å². The lowest BCUT2D eigenvalue weighted by Gasteiger charge is -2.52. The van der Waals surface area contributed by atoms with E-state index in [9.17, 15) is 107 Å². The Morgan fingerprint density at radius 1 is 0.329 bits per heavy atom. The van der Waals surface area contributed by atoms with E-state index in [0.717, 1.165) is 6.92 Å². The van der Waals surface area contributed by atoms with Crippen LogP contribution in [0.15, 0.2) is 0 Å².